The molecule has 1 aliphatic heterocycles. The number of rotatable bonds is 7. The third-order valence-electron chi connectivity index (χ3n) is 5.21. The monoisotopic (exact) mass is 383 g/mol. The molecule has 0 saturated heterocycles. The maximum atomic E-state index is 12.6. The minimum Gasteiger partial charge on any atom is -0.490 e. The summed E-state index contributed by atoms with van der Waals surface area (Å²) in [4.78, 5) is 13.9. The van der Waals surface area contributed by atoms with Crippen molar-refractivity contribution in [3.63, 3.8) is 0 Å². The van der Waals surface area contributed by atoms with Crippen LogP contribution >= 0.6 is 0 Å². The van der Waals surface area contributed by atoms with Gasteiger partial charge in [0.1, 0.15) is 6.54 Å². The fourth-order valence-corrected chi connectivity index (χ4v) is 3.82. The third-order valence-corrected chi connectivity index (χ3v) is 5.21. The smallest absolute Gasteiger partial charge is 0.279 e. The molecule has 5 nitrogen and oxygen atoms in total. The lowest BCUT2D eigenvalue weighted by atomic mass is 9.98. The van der Waals surface area contributed by atoms with Crippen molar-refractivity contribution < 1.29 is 19.2 Å². The Kier molecular flexibility index (Phi) is 6.57. The molecule has 28 heavy (non-hydrogen) atoms. The van der Waals surface area contributed by atoms with Crippen molar-refractivity contribution in [2.24, 2.45) is 0 Å². The first-order chi connectivity index (χ1) is 13.5. The molecule has 0 aliphatic carbocycles. The summed E-state index contributed by atoms with van der Waals surface area (Å²) in [7, 11) is 0. The molecule has 5 heteroatoms. The molecule has 0 radical (unpaired) electrons. The fourth-order valence-electron chi connectivity index (χ4n) is 3.82. The van der Waals surface area contributed by atoms with Crippen LogP contribution in [-0.4, -0.2) is 32.2 Å². The van der Waals surface area contributed by atoms with Crippen LogP contribution in [-0.2, 0) is 17.8 Å². The molecule has 0 saturated carbocycles. The molecule has 1 unspecified atom stereocenters. The van der Waals surface area contributed by atoms with E-state index in [9.17, 15) is 4.79 Å². The number of hydrogen-bond acceptors (Lipinski definition) is 3. The SMILES string of the molecule is CCOc1cc2c(cc1OCC)C[NH+](CC(=O)Nc1c(C)cccc1C)CC2. The van der Waals surface area contributed by atoms with Crippen molar-refractivity contribution in [2.45, 2.75) is 40.7 Å². The predicted molar refractivity (Wildman–Crippen MR) is 111 cm³/mol. The van der Waals surface area contributed by atoms with Gasteiger partial charge in [0.2, 0.25) is 0 Å². The first-order valence-electron chi connectivity index (χ1n) is 10.1. The number of para-hydroxylation sites is 1. The zero-order chi connectivity index (χ0) is 20.1. The second-order valence-corrected chi connectivity index (χ2v) is 7.35. The summed E-state index contributed by atoms with van der Waals surface area (Å²) in [6, 6.07) is 10.3. The summed E-state index contributed by atoms with van der Waals surface area (Å²) < 4.78 is 11.5. The summed E-state index contributed by atoms with van der Waals surface area (Å²) >= 11 is 0. The van der Waals surface area contributed by atoms with Crippen molar-refractivity contribution in [2.75, 3.05) is 31.6 Å². The number of fused-ring (bicyclic) bond motifs is 1. The Labute approximate surface area is 167 Å². The van der Waals surface area contributed by atoms with Gasteiger partial charge in [0.25, 0.3) is 5.91 Å². The summed E-state index contributed by atoms with van der Waals surface area (Å²) in [6.45, 7) is 11.5. The number of aryl methyl sites for hydroxylation is 2. The summed E-state index contributed by atoms with van der Waals surface area (Å²) in [5.41, 5.74) is 5.66. The van der Waals surface area contributed by atoms with E-state index in [1.54, 1.807) is 0 Å². The van der Waals surface area contributed by atoms with Crippen LogP contribution in [0.4, 0.5) is 5.69 Å². The molecule has 3 rings (SSSR count). The van der Waals surface area contributed by atoms with E-state index in [-0.39, 0.29) is 5.91 Å². The number of hydrogen-bond donors (Lipinski definition) is 2. The minimum absolute atomic E-state index is 0.0619. The van der Waals surface area contributed by atoms with Gasteiger partial charge in [-0.1, -0.05) is 18.2 Å². The average Bonchev–Trinajstić information content (AvgIpc) is 2.66. The maximum absolute atomic E-state index is 12.6. The number of carbonyl (C=O) groups excluding carboxylic acids is 1. The van der Waals surface area contributed by atoms with Gasteiger partial charge in [-0.25, -0.2) is 0 Å². The molecule has 0 fully saturated rings. The Morgan fingerprint density at radius 1 is 1.04 bits per heavy atom. The second-order valence-electron chi connectivity index (χ2n) is 7.35. The molecule has 2 aromatic rings. The molecule has 1 heterocycles. The average molecular weight is 384 g/mol. The van der Waals surface area contributed by atoms with Crippen LogP contribution in [0, 0.1) is 13.8 Å². The van der Waals surface area contributed by atoms with Crippen molar-refractivity contribution in [3.05, 3.63) is 52.6 Å². The Morgan fingerprint density at radius 2 is 1.64 bits per heavy atom. The van der Waals surface area contributed by atoms with Gasteiger partial charge in [0.05, 0.1) is 19.8 Å². The number of anilines is 1. The third kappa shape index (κ3) is 4.65. The largest absolute Gasteiger partial charge is 0.490 e. The van der Waals surface area contributed by atoms with Gasteiger partial charge in [-0.2, -0.15) is 0 Å². The highest BCUT2D eigenvalue weighted by Gasteiger charge is 2.24. The number of amides is 1. The quantitative estimate of drug-likeness (QED) is 0.773. The van der Waals surface area contributed by atoms with Crippen molar-refractivity contribution >= 4 is 11.6 Å². The lowest BCUT2D eigenvalue weighted by Crippen LogP contribution is -3.12. The molecule has 1 atom stereocenters. The number of carbonyl (C=O) groups is 1. The standard InChI is InChI=1S/C23H30N2O3/c1-5-27-20-12-18-10-11-25(14-19(18)13-21(20)28-6-2)15-22(26)24-23-16(3)8-7-9-17(23)4/h7-9,12-13H,5-6,10-11,14-15H2,1-4H3,(H,24,26)/p+1. The Morgan fingerprint density at radius 3 is 2.25 bits per heavy atom. The van der Waals surface area contributed by atoms with Crippen LogP contribution in [0.2, 0.25) is 0 Å². The van der Waals surface area contributed by atoms with Gasteiger partial charge < -0.3 is 19.7 Å². The van der Waals surface area contributed by atoms with Crippen LogP contribution in [0.5, 0.6) is 11.5 Å². The Balaban J connectivity index is 1.69. The first kappa shape index (κ1) is 20.2. The van der Waals surface area contributed by atoms with Gasteiger partial charge in [-0.05, 0) is 56.5 Å². The molecule has 150 valence electrons. The van der Waals surface area contributed by atoms with Gasteiger partial charge in [0, 0.05) is 17.7 Å². The van der Waals surface area contributed by atoms with Crippen molar-refractivity contribution in [1.82, 2.24) is 0 Å². The lowest BCUT2D eigenvalue weighted by Gasteiger charge is -2.27. The van der Waals surface area contributed by atoms with E-state index in [1.807, 2.05) is 45.9 Å². The maximum Gasteiger partial charge on any atom is 0.279 e. The van der Waals surface area contributed by atoms with Gasteiger partial charge in [0.15, 0.2) is 18.0 Å². The van der Waals surface area contributed by atoms with Crippen LogP contribution in [0.3, 0.4) is 0 Å². The summed E-state index contributed by atoms with van der Waals surface area (Å²) in [6.07, 6.45) is 0.938. The topological polar surface area (TPSA) is 52.0 Å². The number of benzene rings is 2. The van der Waals surface area contributed by atoms with Gasteiger partial charge >= 0.3 is 0 Å². The zero-order valence-corrected chi connectivity index (χ0v) is 17.4. The molecule has 0 aromatic heterocycles. The normalized spacial score (nSPS) is 15.6. The molecular formula is C23H31N2O3+. The van der Waals surface area contributed by atoms with Crippen LogP contribution < -0.4 is 19.7 Å². The summed E-state index contributed by atoms with van der Waals surface area (Å²) in [5.74, 6) is 1.68. The minimum atomic E-state index is 0.0619. The first-order valence-corrected chi connectivity index (χ1v) is 10.1. The van der Waals surface area contributed by atoms with E-state index in [4.69, 9.17) is 9.47 Å². The fraction of sp³-hybridized carbons (Fsp3) is 0.435. The lowest BCUT2D eigenvalue weighted by molar-refractivity contribution is -0.907. The Hall–Kier alpha value is -2.53. The van der Waals surface area contributed by atoms with Gasteiger partial charge in [-0.3, -0.25) is 4.79 Å². The van der Waals surface area contributed by atoms with E-state index in [0.29, 0.717) is 19.8 Å². The van der Waals surface area contributed by atoms with Crippen LogP contribution in [0.1, 0.15) is 36.1 Å². The molecule has 0 spiro atoms. The predicted octanol–water partition coefficient (Wildman–Crippen LogP) is 2.68. The second kappa shape index (κ2) is 9.11. The molecule has 1 aliphatic rings. The molecule has 1 amide bonds. The molecule has 2 aromatic carbocycles. The van der Waals surface area contributed by atoms with Gasteiger partial charge in [-0.15, -0.1) is 0 Å². The van der Waals surface area contributed by atoms with E-state index in [2.05, 4.69) is 17.4 Å². The summed E-state index contributed by atoms with van der Waals surface area (Å²) in [5, 5.41) is 3.10. The van der Waals surface area contributed by atoms with Crippen LogP contribution in [0.15, 0.2) is 30.3 Å². The molecule has 2 N–H and O–H groups in total. The van der Waals surface area contributed by atoms with E-state index >= 15 is 0 Å². The van der Waals surface area contributed by atoms with E-state index in [1.165, 1.54) is 16.0 Å². The van der Waals surface area contributed by atoms with E-state index < -0.39 is 0 Å². The van der Waals surface area contributed by atoms with E-state index in [0.717, 1.165) is 47.8 Å². The van der Waals surface area contributed by atoms with Crippen LogP contribution in [0.25, 0.3) is 0 Å². The van der Waals surface area contributed by atoms with Crippen molar-refractivity contribution in [1.29, 1.82) is 0 Å². The zero-order valence-electron chi connectivity index (χ0n) is 17.4. The highest BCUT2D eigenvalue weighted by atomic mass is 16.5. The number of nitrogens with one attached hydrogen (secondary N) is 2. The van der Waals surface area contributed by atoms with Crippen molar-refractivity contribution in [3.8, 4) is 11.5 Å². The highest BCUT2D eigenvalue weighted by Crippen LogP contribution is 2.32. The molecule has 0 bridgehead atoms. The Bertz CT molecular complexity index is 828. The molecular weight excluding hydrogens is 352 g/mol. The number of ether oxygens (including phenoxy) is 2. The number of quaternary nitrogens is 1. The highest BCUT2D eigenvalue weighted by molar-refractivity contribution is 5.93.